The van der Waals surface area contributed by atoms with Gasteiger partial charge in [0.05, 0.1) is 11.2 Å². The maximum absolute atomic E-state index is 12.4. The monoisotopic (exact) mass is 327 g/mol. The summed E-state index contributed by atoms with van der Waals surface area (Å²) in [6.45, 7) is 2.67. The second-order valence-electron chi connectivity index (χ2n) is 3.73. The van der Waals surface area contributed by atoms with Gasteiger partial charge in [-0.25, -0.2) is 0 Å². The molecule has 0 aliphatic carbocycles. The van der Waals surface area contributed by atoms with E-state index in [-0.39, 0.29) is 5.78 Å². The first kappa shape index (κ1) is 13.2. The summed E-state index contributed by atoms with van der Waals surface area (Å²) in [5.41, 5.74) is 0.732. The molecule has 0 fully saturated rings. The molecule has 0 bridgehead atoms. The van der Waals surface area contributed by atoms with Crippen LogP contribution in [0.4, 0.5) is 0 Å². The molecule has 2 rings (SSSR count). The van der Waals surface area contributed by atoms with Gasteiger partial charge in [0.15, 0.2) is 0 Å². The molecule has 6 heteroatoms. The fraction of sp³-hybridized carbons (Fsp3) is 0.250. The average Bonchev–Trinajstić information content (AvgIpc) is 2.71. The highest BCUT2D eigenvalue weighted by Gasteiger charge is 2.21. The molecule has 0 unspecified atom stereocenters. The molecular formula is C12H11BrClN3O. The van der Waals surface area contributed by atoms with E-state index in [1.165, 1.54) is 6.20 Å². The minimum Gasteiger partial charge on any atom is -0.285 e. The first-order valence-corrected chi connectivity index (χ1v) is 6.68. The maximum Gasteiger partial charge on any atom is 0.232 e. The number of carbonyl (C=O) groups excluding carboxylic acids is 1. The zero-order valence-electron chi connectivity index (χ0n) is 9.73. The number of pyridine rings is 1. The van der Waals surface area contributed by atoms with E-state index >= 15 is 0 Å². The van der Waals surface area contributed by atoms with Gasteiger partial charge in [-0.3, -0.25) is 14.5 Å². The van der Waals surface area contributed by atoms with Gasteiger partial charge in [-0.05, 0) is 34.5 Å². The molecule has 0 aliphatic heterocycles. The lowest BCUT2D eigenvalue weighted by molar-refractivity contribution is 0.102. The number of rotatable bonds is 4. The van der Waals surface area contributed by atoms with Crippen LogP contribution in [0.25, 0.3) is 0 Å². The summed E-state index contributed by atoms with van der Waals surface area (Å²) in [6.07, 6.45) is 3.94. The summed E-state index contributed by atoms with van der Waals surface area (Å²) in [4.78, 5) is 16.5. The van der Waals surface area contributed by atoms with E-state index in [9.17, 15) is 4.79 Å². The predicted molar refractivity (Wildman–Crippen MR) is 72.9 cm³/mol. The van der Waals surface area contributed by atoms with Gasteiger partial charge < -0.3 is 0 Å². The predicted octanol–water partition coefficient (Wildman–Crippen LogP) is 3.34. The van der Waals surface area contributed by atoms with Crippen LogP contribution >= 0.6 is 27.5 Å². The zero-order valence-corrected chi connectivity index (χ0v) is 12.1. The minimum atomic E-state index is -0.224. The smallest absolute Gasteiger partial charge is 0.232 e. The van der Waals surface area contributed by atoms with Crippen LogP contribution in [0.1, 0.15) is 29.5 Å². The lowest BCUT2D eigenvalue weighted by Gasteiger charge is -2.06. The number of hydrogen-bond donors (Lipinski definition) is 0. The van der Waals surface area contributed by atoms with E-state index in [0.717, 1.165) is 6.42 Å². The molecule has 0 saturated heterocycles. The Bertz CT molecular complexity index is 582. The van der Waals surface area contributed by atoms with Gasteiger partial charge in [0.25, 0.3) is 0 Å². The first-order valence-electron chi connectivity index (χ1n) is 5.51. The fourth-order valence-corrected chi connectivity index (χ4v) is 2.30. The summed E-state index contributed by atoms with van der Waals surface area (Å²) in [7, 11) is 0. The third-order valence-corrected chi connectivity index (χ3v) is 3.34. The van der Waals surface area contributed by atoms with Crippen LogP contribution in [0.15, 0.2) is 29.0 Å². The molecule has 0 N–H and O–H groups in total. The van der Waals surface area contributed by atoms with Crippen LogP contribution in [0.2, 0.25) is 5.02 Å². The summed E-state index contributed by atoms with van der Waals surface area (Å²) in [5, 5.41) is 4.46. The van der Waals surface area contributed by atoms with Gasteiger partial charge in [-0.2, -0.15) is 5.10 Å². The van der Waals surface area contributed by atoms with Crippen LogP contribution in [0, 0.1) is 0 Å². The van der Waals surface area contributed by atoms with E-state index in [1.54, 1.807) is 23.0 Å². The Labute approximate surface area is 118 Å². The fourth-order valence-electron chi connectivity index (χ4n) is 1.63. The summed E-state index contributed by atoms with van der Waals surface area (Å²) in [6, 6.07) is 3.53. The Morgan fingerprint density at radius 1 is 1.56 bits per heavy atom. The number of aryl methyl sites for hydroxylation is 1. The molecule has 4 nitrogen and oxygen atoms in total. The third kappa shape index (κ3) is 2.47. The van der Waals surface area contributed by atoms with E-state index in [0.29, 0.717) is 27.4 Å². The van der Waals surface area contributed by atoms with Crippen molar-refractivity contribution in [1.82, 2.24) is 14.8 Å². The van der Waals surface area contributed by atoms with Gasteiger partial charge in [0.2, 0.25) is 5.78 Å². The van der Waals surface area contributed by atoms with Crippen molar-refractivity contribution in [2.45, 2.75) is 19.9 Å². The molecular weight excluding hydrogens is 318 g/mol. The number of ketones is 1. The van der Waals surface area contributed by atoms with Crippen molar-refractivity contribution in [3.8, 4) is 0 Å². The van der Waals surface area contributed by atoms with Crippen LogP contribution in [-0.4, -0.2) is 20.5 Å². The zero-order chi connectivity index (χ0) is 13.1. The van der Waals surface area contributed by atoms with Gasteiger partial charge in [0, 0.05) is 17.2 Å². The highest BCUT2D eigenvalue weighted by molar-refractivity contribution is 9.10. The number of hydrogen-bond acceptors (Lipinski definition) is 3. The highest BCUT2D eigenvalue weighted by atomic mass is 79.9. The molecule has 94 valence electrons. The van der Waals surface area contributed by atoms with E-state index in [4.69, 9.17) is 11.6 Å². The SMILES string of the molecule is CCCn1ncc(Cl)c1C(=O)c1ncccc1Br. The van der Waals surface area contributed by atoms with Gasteiger partial charge in [-0.1, -0.05) is 18.5 Å². The Balaban J connectivity index is 2.46. The lowest BCUT2D eigenvalue weighted by Crippen LogP contribution is -2.13. The van der Waals surface area contributed by atoms with Crippen molar-refractivity contribution in [3.63, 3.8) is 0 Å². The quantitative estimate of drug-likeness (QED) is 0.809. The molecule has 0 radical (unpaired) electrons. The second-order valence-corrected chi connectivity index (χ2v) is 4.99. The topological polar surface area (TPSA) is 47.8 Å². The Morgan fingerprint density at radius 2 is 2.33 bits per heavy atom. The Hall–Kier alpha value is -1.20. The van der Waals surface area contributed by atoms with Crippen molar-refractivity contribution < 1.29 is 4.79 Å². The standard InChI is InChI=1S/C12H11BrClN3O/c1-2-6-17-11(9(14)7-16-17)12(18)10-8(13)4-3-5-15-10/h3-5,7H,2,6H2,1H3. The van der Waals surface area contributed by atoms with Gasteiger partial charge >= 0.3 is 0 Å². The molecule has 0 saturated carbocycles. The number of carbonyl (C=O) groups is 1. The van der Waals surface area contributed by atoms with Crippen molar-refractivity contribution in [2.24, 2.45) is 0 Å². The maximum atomic E-state index is 12.4. The summed E-state index contributed by atoms with van der Waals surface area (Å²) < 4.78 is 2.27. The van der Waals surface area contributed by atoms with Crippen LogP contribution in [-0.2, 0) is 6.54 Å². The highest BCUT2D eigenvalue weighted by Crippen LogP contribution is 2.22. The van der Waals surface area contributed by atoms with E-state index in [1.807, 2.05) is 6.92 Å². The Kier molecular flexibility index (Phi) is 4.14. The molecule has 0 spiro atoms. The van der Waals surface area contributed by atoms with Crippen molar-refractivity contribution in [2.75, 3.05) is 0 Å². The largest absolute Gasteiger partial charge is 0.285 e. The van der Waals surface area contributed by atoms with Gasteiger partial charge in [-0.15, -0.1) is 0 Å². The number of aromatic nitrogens is 3. The number of nitrogens with zero attached hydrogens (tertiary/aromatic N) is 3. The van der Waals surface area contributed by atoms with Gasteiger partial charge in [0.1, 0.15) is 11.4 Å². The normalized spacial score (nSPS) is 10.6. The molecule has 0 atom stereocenters. The van der Waals surface area contributed by atoms with Crippen LogP contribution < -0.4 is 0 Å². The molecule has 2 heterocycles. The Morgan fingerprint density at radius 3 is 3.00 bits per heavy atom. The van der Waals surface area contributed by atoms with Crippen molar-refractivity contribution >= 4 is 33.3 Å². The van der Waals surface area contributed by atoms with Crippen LogP contribution in [0.3, 0.4) is 0 Å². The first-order chi connectivity index (χ1) is 8.65. The van der Waals surface area contributed by atoms with Crippen molar-refractivity contribution in [3.05, 3.63) is 45.4 Å². The number of halogens is 2. The molecule has 2 aromatic heterocycles. The molecule has 18 heavy (non-hydrogen) atoms. The molecule has 0 aromatic carbocycles. The lowest BCUT2D eigenvalue weighted by atomic mass is 10.2. The second kappa shape index (κ2) is 5.63. The summed E-state index contributed by atoms with van der Waals surface area (Å²) >= 11 is 9.35. The molecule has 0 aliphatic rings. The van der Waals surface area contributed by atoms with E-state index < -0.39 is 0 Å². The average molecular weight is 329 g/mol. The molecule has 0 amide bonds. The molecule has 2 aromatic rings. The van der Waals surface area contributed by atoms with Crippen LogP contribution in [0.5, 0.6) is 0 Å². The summed E-state index contributed by atoms with van der Waals surface area (Å²) in [5.74, 6) is -0.224. The third-order valence-electron chi connectivity index (χ3n) is 2.42. The minimum absolute atomic E-state index is 0.224. The van der Waals surface area contributed by atoms with Crippen molar-refractivity contribution in [1.29, 1.82) is 0 Å². The van der Waals surface area contributed by atoms with E-state index in [2.05, 4.69) is 26.0 Å².